The van der Waals surface area contributed by atoms with E-state index >= 15 is 0 Å². The van der Waals surface area contributed by atoms with Crippen molar-refractivity contribution in [1.82, 2.24) is 0 Å². The van der Waals surface area contributed by atoms with Crippen molar-refractivity contribution in [3.05, 3.63) is 0 Å². The van der Waals surface area contributed by atoms with Crippen molar-refractivity contribution in [2.75, 3.05) is 26.4 Å². The van der Waals surface area contributed by atoms with Gasteiger partial charge in [0.2, 0.25) is 5.79 Å². The van der Waals surface area contributed by atoms with Crippen molar-refractivity contribution in [2.45, 2.75) is 85.2 Å². The molecule has 138 valence electrons. The Labute approximate surface area is 142 Å². The molecule has 0 saturated carbocycles. The molecule has 0 N–H and O–H groups in total. The van der Waals surface area contributed by atoms with Crippen LogP contribution in [0.25, 0.3) is 0 Å². The fourth-order valence-corrected chi connectivity index (χ4v) is 1.78. The highest BCUT2D eigenvalue weighted by Gasteiger charge is 2.38. The number of ether oxygens (including phenoxy) is 4. The largest absolute Gasteiger partial charge is 0.373 e. The molecule has 23 heavy (non-hydrogen) atoms. The fourth-order valence-electron chi connectivity index (χ4n) is 1.78. The minimum atomic E-state index is -0.944. The summed E-state index contributed by atoms with van der Waals surface area (Å²) in [5.41, 5.74) is -0.448. The number of rotatable bonds is 8. The van der Waals surface area contributed by atoms with E-state index in [-0.39, 0.29) is 17.0 Å². The Morgan fingerprint density at radius 1 is 0.957 bits per heavy atom. The zero-order chi connectivity index (χ0) is 18.1. The first-order valence-electron chi connectivity index (χ1n) is 8.59. The average Bonchev–Trinajstić information content (AvgIpc) is 2.92. The van der Waals surface area contributed by atoms with Crippen molar-refractivity contribution in [3.8, 4) is 0 Å². The number of hydrogen-bond donors (Lipinski definition) is 0. The molecule has 0 radical (unpaired) electrons. The maximum atomic E-state index is 10.7. The van der Waals surface area contributed by atoms with Gasteiger partial charge in [-0.3, -0.25) is 4.79 Å². The Balaban J connectivity index is 0.000000459. The van der Waals surface area contributed by atoms with Crippen molar-refractivity contribution in [2.24, 2.45) is 0 Å². The van der Waals surface area contributed by atoms with Gasteiger partial charge in [-0.2, -0.15) is 0 Å². The van der Waals surface area contributed by atoms with Gasteiger partial charge in [0.05, 0.1) is 24.4 Å². The van der Waals surface area contributed by atoms with E-state index in [2.05, 4.69) is 41.5 Å². The Morgan fingerprint density at radius 2 is 1.30 bits per heavy atom. The van der Waals surface area contributed by atoms with Crippen LogP contribution in [0, 0.1) is 0 Å². The van der Waals surface area contributed by atoms with Crippen LogP contribution in [-0.2, 0) is 23.7 Å². The van der Waals surface area contributed by atoms with E-state index in [9.17, 15) is 4.79 Å². The van der Waals surface area contributed by atoms with Gasteiger partial charge in [-0.25, -0.2) is 0 Å². The molecule has 5 heteroatoms. The van der Waals surface area contributed by atoms with E-state index in [0.717, 1.165) is 26.1 Å². The van der Waals surface area contributed by atoms with Gasteiger partial charge >= 0.3 is 0 Å². The number of hydrogen-bond acceptors (Lipinski definition) is 5. The normalized spacial score (nSPS) is 17.6. The molecule has 0 bridgehead atoms. The predicted molar refractivity (Wildman–Crippen MR) is 91.6 cm³/mol. The van der Waals surface area contributed by atoms with Crippen molar-refractivity contribution in [1.29, 1.82) is 0 Å². The van der Waals surface area contributed by atoms with E-state index in [1.165, 1.54) is 6.92 Å². The van der Waals surface area contributed by atoms with Gasteiger partial charge in [0.1, 0.15) is 0 Å². The summed E-state index contributed by atoms with van der Waals surface area (Å²) in [5, 5.41) is 0. The zero-order valence-electron chi connectivity index (χ0n) is 16.3. The molecule has 1 rings (SSSR count). The summed E-state index contributed by atoms with van der Waals surface area (Å²) in [7, 11) is 0. The molecule has 1 aliphatic rings. The molecule has 0 aromatic heterocycles. The Morgan fingerprint density at radius 3 is 1.52 bits per heavy atom. The lowest BCUT2D eigenvalue weighted by Gasteiger charge is -2.41. The monoisotopic (exact) mass is 332 g/mol. The molecular weight excluding hydrogens is 296 g/mol. The molecule has 0 aliphatic carbocycles. The van der Waals surface area contributed by atoms with Crippen molar-refractivity contribution < 1.29 is 23.7 Å². The van der Waals surface area contributed by atoms with E-state index in [0.29, 0.717) is 13.2 Å². The highest BCUT2D eigenvalue weighted by atomic mass is 16.7. The topological polar surface area (TPSA) is 54.0 Å². The van der Waals surface area contributed by atoms with Crippen LogP contribution in [0.15, 0.2) is 0 Å². The van der Waals surface area contributed by atoms with Crippen LogP contribution in [0.3, 0.4) is 0 Å². The first kappa shape index (κ1) is 22.5. The summed E-state index contributed by atoms with van der Waals surface area (Å²) >= 11 is 0. The first-order valence-corrected chi connectivity index (χ1v) is 8.59. The lowest BCUT2D eigenvalue weighted by molar-refractivity contribution is -0.176. The second-order valence-corrected chi connectivity index (χ2v) is 6.92. The predicted octanol–water partition coefficient (Wildman–Crippen LogP) is 3.74. The lowest BCUT2D eigenvalue weighted by atomic mass is 9.89. The molecule has 1 aliphatic heterocycles. The standard InChI is InChI=1S/C12H26O2.C6H10O3/c1-7-9-13-11(3,4)12(5,6)14-10-8-2;1-5(7)6(2)8-3-4-9-6/h7-10H2,1-6H3;3-4H2,1-2H3. The maximum absolute atomic E-state index is 10.7. The van der Waals surface area contributed by atoms with Gasteiger partial charge in [-0.15, -0.1) is 0 Å². The summed E-state index contributed by atoms with van der Waals surface area (Å²) in [6, 6.07) is 0. The number of ketones is 1. The molecule has 0 atom stereocenters. The molecule has 0 aromatic rings. The van der Waals surface area contributed by atoms with Gasteiger partial charge in [-0.1, -0.05) is 13.8 Å². The zero-order valence-corrected chi connectivity index (χ0v) is 16.3. The third-order valence-corrected chi connectivity index (χ3v) is 4.26. The molecule has 1 saturated heterocycles. The maximum Gasteiger partial charge on any atom is 0.225 e. The van der Waals surface area contributed by atoms with Gasteiger partial charge in [-0.05, 0) is 47.5 Å². The smallest absolute Gasteiger partial charge is 0.225 e. The van der Waals surface area contributed by atoms with E-state index in [1.807, 2.05) is 0 Å². The Bertz CT molecular complexity index is 325. The third-order valence-electron chi connectivity index (χ3n) is 4.26. The van der Waals surface area contributed by atoms with E-state index < -0.39 is 5.79 Å². The minimum Gasteiger partial charge on any atom is -0.373 e. The van der Waals surface area contributed by atoms with E-state index in [4.69, 9.17) is 18.9 Å². The van der Waals surface area contributed by atoms with Crippen molar-refractivity contribution >= 4 is 5.78 Å². The van der Waals surface area contributed by atoms with Crippen LogP contribution in [0.5, 0.6) is 0 Å². The summed E-state index contributed by atoms with van der Waals surface area (Å²) < 4.78 is 21.7. The Kier molecular flexibility index (Phi) is 9.51. The quantitative estimate of drug-likeness (QED) is 0.678. The van der Waals surface area contributed by atoms with Gasteiger partial charge in [0.15, 0.2) is 5.78 Å². The van der Waals surface area contributed by atoms with Gasteiger partial charge in [0, 0.05) is 20.1 Å². The summed E-state index contributed by atoms with van der Waals surface area (Å²) in [6.45, 7) is 18.4. The number of carbonyl (C=O) groups is 1. The van der Waals surface area contributed by atoms with Crippen LogP contribution in [0.1, 0.15) is 68.2 Å². The SMILES string of the molecule is CC(=O)C1(C)OCCO1.CCCOC(C)(C)C(C)(C)OCCC. The van der Waals surface area contributed by atoms with Crippen LogP contribution in [-0.4, -0.2) is 49.2 Å². The lowest BCUT2D eigenvalue weighted by Crippen LogP contribution is -2.49. The summed E-state index contributed by atoms with van der Waals surface area (Å²) in [4.78, 5) is 10.7. The first-order chi connectivity index (χ1) is 10.5. The molecule has 5 nitrogen and oxygen atoms in total. The molecule has 0 unspecified atom stereocenters. The number of Topliss-reactive ketones (excluding diaryl/α,β-unsaturated/α-hetero) is 1. The second kappa shape index (κ2) is 9.72. The summed E-state index contributed by atoms with van der Waals surface area (Å²) in [6.07, 6.45) is 2.10. The summed E-state index contributed by atoms with van der Waals surface area (Å²) in [5.74, 6) is -1.01. The third kappa shape index (κ3) is 7.29. The fraction of sp³-hybridized carbons (Fsp3) is 0.944. The highest BCUT2D eigenvalue weighted by molar-refractivity contribution is 5.83. The highest BCUT2D eigenvalue weighted by Crippen LogP contribution is 2.29. The van der Waals surface area contributed by atoms with Gasteiger partial charge < -0.3 is 18.9 Å². The van der Waals surface area contributed by atoms with E-state index in [1.54, 1.807) is 6.92 Å². The van der Waals surface area contributed by atoms with Crippen molar-refractivity contribution in [3.63, 3.8) is 0 Å². The second-order valence-electron chi connectivity index (χ2n) is 6.92. The minimum absolute atomic E-state index is 0.0694. The number of carbonyl (C=O) groups excluding carboxylic acids is 1. The molecule has 1 fully saturated rings. The molecule has 0 spiro atoms. The molecular formula is C18H36O5. The molecule has 1 heterocycles. The average molecular weight is 332 g/mol. The molecule has 0 aromatic carbocycles. The van der Waals surface area contributed by atoms with Crippen LogP contribution < -0.4 is 0 Å². The van der Waals surface area contributed by atoms with Crippen LogP contribution >= 0.6 is 0 Å². The Hall–Kier alpha value is -0.490. The van der Waals surface area contributed by atoms with Crippen LogP contribution in [0.4, 0.5) is 0 Å². The van der Waals surface area contributed by atoms with Crippen LogP contribution in [0.2, 0.25) is 0 Å². The molecule has 0 amide bonds. The van der Waals surface area contributed by atoms with Gasteiger partial charge in [0.25, 0.3) is 0 Å².